The highest BCUT2D eigenvalue weighted by molar-refractivity contribution is 6.35. The van der Waals surface area contributed by atoms with Crippen LogP contribution in [0.25, 0.3) is 11.3 Å². The molecule has 3 rings (SSSR count). The number of carboxylic acids is 1. The third-order valence-corrected chi connectivity index (χ3v) is 5.09. The van der Waals surface area contributed by atoms with E-state index in [1.165, 1.54) is 0 Å². The highest BCUT2D eigenvalue weighted by atomic mass is 35.5. The first-order valence-corrected chi connectivity index (χ1v) is 10.8. The van der Waals surface area contributed by atoms with Gasteiger partial charge in [-0.3, -0.25) is 9.59 Å². The standard InChI is InChI=1S/C23H22Cl2N2O5/c1-2-4-19-21(22(27-32-19)15-6-3-5-14(11-15)12-20(28)29)23(30)26-9-10-31-18-8-7-16(24)13-17(18)25/h3,5-8,11,13H,2,4,9-10,12H2,1H3,(H,26,30)(H,28,29). The van der Waals surface area contributed by atoms with Crippen molar-refractivity contribution in [3.8, 4) is 17.0 Å². The molecule has 0 spiro atoms. The zero-order valence-corrected chi connectivity index (χ0v) is 18.9. The number of carbonyl (C=O) groups is 2. The Hall–Kier alpha value is -3.03. The molecular formula is C23H22Cl2N2O5. The van der Waals surface area contributed by atoms with Gasteiger partial charge in [-0.2, -0.15) is 0 Å². The average Bonchev–Trinajstić information content (AvgIpc) is 3.16. The maximum Gasteiger partial charge on any atom is 0.307 e. The van der Waals surface area contributed by atoms with Crippen LogP contribution in [0.3, 0.4) is 0 Å². The topological polar surface area (TPSA) is 102 Å². The number of nitrogens with one attached hydrogen (secondary N) is 1. The smallest absolute Gasteiger partial charge is 0.307 e. The number of halogens is 2. The quantitative estimate of drug-likeness (QED) is 0.397. The zero-order chi connectivity index (χ0) is 23.1. The number of aromatic nitrogens is 1. The summed E-state index contributed by atoms with van der Waals surface area (Å²) in [5.41, 5.74) is 1.93. The fraction of sp³-hybridized carbons (Fsp3) is 0.261. The number of aliphatic carboxylic acids is 1. The fourth-order valence-corrected chi connectivity index (χ4v) is 3.63. The Labute approximate surface area is 195 Å². The predicted octanol–water partition coefficient (Wildman–Crippen LogP) is 5.04. The Morgan fingerprint density at radius 1 is 1.19 bits per heavy atom. The van der Waals surface area contributed by atoms with Gasteiger partial charge in [0.25, 0.3) is 5.91 Å². The number of amides is 1. The molecule has 0 aliphatic carbocycles. The lowest BCUT2D eigenvalue weighted by molar-refractivity contribution is -0.136. The highest BCUT2D eigenvalue weighted by Gasteiger charge is 2.23. The minimum absolute atomic E-state index is 0.125. The van der Waals surface area contributed by atoms with Crippen molar-refractivity contribution in [1.82, 2.24) is 10.5 Å². The van der Waals surface area contributed by atoms with Gasteiger partial charge in [0.2, 0.25) is 0 Å². The van der Waals surface area contributed by atoms with E-state index in [-0.39, 0.29) is 25.5 Å². The summed E-state index contributed by atoms with van der Waals surface area (Å²) < 4.78 is 11.1. The van der Waals surface area contributed by atoms with Crippen molar-refractivity contribution in [1.29, 1.82) is 0 Å². The molecule has 0 atom stereocenters. The zero-order valence-electron chi connectivity index (χ0n) is 17.4. The number of ether oxygens (including phenoxy) is 1. The van der Waals surface area contributed by atoms with Gasteiger partial charge < -0.3 is 19.7 Å². The lowest BCUT2D eigenvalue weighted by Crippen LogP contribution is -2.29. The van der Waals surface area contributed by atoms with E-state index < -0.39 is 5.97 Å². The summed E-state index contributed by atoms with van der Waals surface area (Å²) in [5, 5.41) is 16.9. The van der Waals surface area contributed by atoms with Crippen LogP contribution in [0.5, 0.6) is 5.75 Å². The van der Waals surface area contributed by atoms with Crippen LogP contribution >= 0.6 is 23.2 Å². The minimum atomic E-state index is -0.937. The average molecular weight is 477 g/mol. The first-order chi connectivity index (χ1) is 15.4. The molecule has 0 aliphatic rings. The Morgan fingerprint density at radius 3 is 2.72 bits per heavy atom. The second-order valence-corrected chi connectivity index (χ2v) is 7.87. The molecular weight excluding hydrogens is 455 g/mol. The third kappa shape index (κ3) is 6.02. The van der Waals surface area contributed by atoms with Crippen LogP contribution in [0.2, 0.25) is 10.0 Å². The molecule has 7 nitrogen and oxygen atoms in total. The molecule has 0 fully saturated rings. The lowest BCUT2D eigenvalue weighted by Gasteiger charge is -2.10. The van der Waals surface area contributed by atoms with Crippen LogP contribution in [-0.2, 0) is 17.6 Å². The van der Waals surface area contributed by atoms with Crippen LogP contribution in [0, 0.1) is 0 Å². The predicted molar refractivity (Wildman–Crippen MR) is 122 cm³/mol. The largest absolute Gasteiger partial charge is 0.490 e. The summed E-state index contributed by atoms with van der Waals surface area (Å²) in [6, 6.07) is 11.8. The van der Waals surface area contributed by atoms with Gasteiger partial charge in [-0.05, 0) is 36.2 Å². The van der Waals surface area contributed by atoms with E-state index in [9.17, 15) is 9.59 Å². The van der Waals surface area contributed by atoms with Gasteiger partial charge in [0, 0.05) is 17.0 Å². The SMILES string of the molecule is CCCc1onc(-c2cccc(CC(=O)O)c2)c1C(=O)NCCOc1ccc(Cl)cc1Cl. The molecule has 0 unspecified atom stereocenters. The van der Waals surface area contributed by atoms with Gasteiger partial charge in [0.15, 0.2) is 0 Å². The normalized spacial score (nSPS) is 10.7. The van der Waals surface area contributed by atoms with Gasteiger partial charge in [0.1, 0.15) is 29.4 Å². The molecule has 32 heavy (non-hydrogen) atoms. The molecule has 0 saturated heterocycles. The monoisotopic (exact) mass is 476 g/mol. The van der Waals surface area contributed by atoms with E-state index in [1.807, 2.05) is 6.92 Å². The van der Waals surface area contributed by atoms with Crippen molar-refractivity contribution in [3.63, 3.8) is 0 Å². The van der Waals surface area contributed by atoms with Crippen LogP contribution in [0.1, 0.15) is 35.0 Å². The van der Waals surface area contributed by atoms with Crippen LogP contribution in [-0.4, -0.2) is 35.3 Å². The Kier molecular flexibility index (Phi) is 8.14. The van der Waals surface area contributed by atoms with Crippen molar-refractivity contribution >= 4 is 35.1 Å². The molecule has 1 aromatic heterocycles. The summed E-state index contributed by atoms with van der Waals surface area (Å²) in [7, 11) is 0. The van der Waals surface area contributed by atoms with Gasteiger partial charge in [-0.25, -0.2) is 0 Å². The van der Waals surface area contributed by atoms with Crippen molar-refractivity contribution in [2.45, 2.75) is 26.2 Å². The molecule has 1 heterocycles. The summed E-state index contributed by atoms with van der Waals surface area (Å²) >= 11 is 12.0. The van der Waals surface area contributed by atoms with E-state index in [4.69, 9.17) is 37.6 Å². The number of aryl methyl sites for hydroxylation is 1. The Morgan fingerprint density at radius 2 is 2.00 bits per heavy atom. The second kappa shape index (κ2) is 11.0. The number of hydrogen-bond donors (Lipinski definition) is 2. The number of rotatable bonds is 10. The summed E-state index contributed by atoms with van der Waals surface area (Å²) in [4.78, 5) is 24.0. The van der Waals surface area contributed by atoms with Crippen LogP contribution in [0.4, 0.5) is 0 Å². The van der Waals surface area contributed by atoms with Crippen LogP contribution < -0.4 is 10.1 Å². The molecule has 0 aliphatic heterocycles. The molecule has 0 radical (unpaired) electrons. The van der Waals surface area contributed by atoms with Crippen molar-refractivity contribution in [3.05, 3.63) is 69.4 Å². The van der Waals surface area contributed by atoms with E-state index in [0.29, 0.717) is 50.4 Å². The number of hydrogen-bond acceptors (Lipinski definition) is 5. The Bertz CT molecular complexity index is 1110. The summed E-state index contributed by atoms with van der Waals surface area (Å²) in [6.07, 6.45) is 1.19. The van der Waals surface area contributed by atoms with E-state index in [0.717, 1.165) is 6.42 Å². The molecule has 0 bridgehead atoms. The molecule has 9 heteroatoms. The molecule has 1 amide bonds. The second-order valence-electron chi connectivity index (χ2n) is 7.03. The first kappa shape index (κ1) is 23.6. The van der Waals surface area contributed by atoms with E-state index >= 15 is 0 Å². The van der Waals surface area contributed by atoms with Gasteiger partial charge in [-0.1, -0.05) is 53.5 Å². The maximum absolute atomic E-state index is 13.0. The van der Waals surface area contributed by atoms with Gasteiger partial charge in [-0.15, -0.1) is 0 Å². The molecule has 2 aromatic carbocycles. The summed E-state index contributed by atoms with van der Waals surface area (Å²) in [6.45, 7) is 2.40. The number of carboxylic acid groups (broad SMARTS) is 1. The number of benzene rings is 2. The maximum atomic E-state index is 13.0. The van der Waals surface area contributed by atoms with E-state index in [2.05, 4.69) is 10.5 Å². The number of nitrogens with zero attached hydrogens (tertiary/aromatic N) is 1. The lowest BCUT2D eigenvalue weighted by atomic mass is 10.0. The van der Waals surface area contributed by atoms with Crippen molar-refractivity contribution in [2.75, 3.05) is 13.2 Å². The van der Waals surface area contributed by atoms with Crippen molar-refractivity contribution in [2.24, 2.45) is 0 Å². The van der Waals surface area contributed by atoms with E-state index in [1.54, 1.807) is 42.5 Å². The fourth-order valence-electron chi connectivity index (χ4n) is 3.16. The van der Waals surface area contributed by atoms with Crippen molar-refractivity contribution < 1.29 is 24.0 Å². The van der Waals surface area contributed by atoms with Gasteiger partial charge >= 0.3 is 5.97 Å². The molecule has 3 aromatic rings. The molecule has 168 valence electrons. The third-order valence-electron chi connectivity index (χ3n) is 4.56. The summed E-state index contributed by atoms with van der Waals surface area (Å²) in [5.74, 6) is -0.338. The first-order valence-electron chi connectivity index (χ1n) is 10.0. The molecule has 0 saturated carbocycles. The Balaban J connectivity index is 1.73. The number of carbonyl (C=O) groups excluding carboxylic acids is 1. The highest BCUT2D eigenvalue weighted by Crippen LogP contribution is 2.28. The molecule has 2 N–H and O–H groups in total. The minimum Gasteiger partial charge on any atom is -0.490 e. The van der Waals surface area contributed by atoms with Crippen LogP contribution in [0.15, 0.2) is 47.0 Å². The van der Waals surface area contributed by atoms with Gasteiger partial charge in [0.05, 0.1) is 18.0 Å².